The standard InChI is InChI=1S/C13H15BrN6O/c14-9-2-1-3-10(8-9)16-12-17-11(15)18-13(19-12)20-4-6-21-7-5-20/h1-3,8H,4-7H2,(H3,15,16,17,18,19). The average molecular weight is 351 g/mol. The zero-order valence-corrected chi connectivity index (χ0v) is 12.9. The number of morpholine rings is 1. The molecule has 0 saturated carbocycles. The fraction of sp³-hybridized carbons (Fsp3) is 0.308. The van der Waals surface area contributed by atoms with E-state index in [0.717, 1.165) is 23.2 Å². The molecule has 1 saturated heterocycles. The second-order valence-electron chi connectivity index (χ2n) is 4.55. The van der Waals surface area contributed by atoms with E-state index in [9.17, 15) is 0 Å². The highest BCUT2D eigenvalue weighted by Crippen LogP contribution is 2.20. The van der Waals surface area contributed by atoms with Gasteiger partial charge in [-0.15, -0.1) is 0 Å². The maximum atomic E-state index is 5.78. The van der Waals surface area contributed by atoms with Gasteiger partial charge in [-0.1, -0.05) is 22.0 Å². The number of benzene rings is 1. The molecule has 0 unspecified atom stereocenters. The molecule has 0 aliphatic carbocycles. The van der Waals surface area contributed by atoms with Crippen molar-refractivity contribution in [1.29, 1.82) is 0 Å². The maximum Gasteiger partial charge on any atom is 0.233 e. The summed E-state index contributed by atoms with van der Waals surface area (Å²) >= 11 is 3.43. The lowest BCUT2D eigenvalue weighted by Crippen LogP contribution is -2.37. The molecule has 0 spiro atoms. The number of nitrogen functional groups attached to an aromatic ring is 1. The smallest absolute Gasteiger partial charge is 0.233 e. The van der Waals surface area contributed by atoms with Crippen molar-refractivity contribution in [2.24, 2.45) is 0 Å². The van der Waals surface area contributed by atoms with E-state index in [0.29, 0.717) is 25.1 Å². The lowest BCUT2D eigenvalue weighted by Gasteiger charge is -2.26. The van der Waals surface area contributed by atoms with E-state index in [1.54, 1.807) is 0 Å². The molecule has 0 amide bonds. The molecule has 1 fully saturated rings. The van der Waals surface area contributed by atoms with Crippen LogP contribution in [0.1, 0.15) is 0 Å². The van der Waals surface area contributed by atoms with Crippen molar-refractivity contribution in [3.63, 3.8) is 0 Å². The number of anilines is 4. The zero-order valence-electron chi connectivity index (χ0n) is 11.3. The average Bonchev–Trinajstić information content (AvgIpc) is 2.47. The van der Waals surface area contributed by atoms with Gasteiger partial charge >= 0.3 is 0 Å². The van der Waals surface area contributed by atoms with Crippen molar-refractivity contribution in [2.75, 3.05) is 42.3 Å². The van der Waals surface area contributed by atoms with Gasteiger partial charge in [0, 0.05) is 23.2 Å². The normalized spacial score (nSPS) is 15.0. The van der Waals surface area contributed by atoms with Crippen molar-refractivity contribution < 1.29 is 4.74 Å². The van der Waals surface area contributed by atoms with Crippen LogP contribution < -0.4 is 16.0 Å². The third-order valence-corrected chi connectivity index (χ3v) is 3.51. The second-order valence-corrected chi connectivity index (χ2v) is 5.47. The summed E-state index contributed by atoms with van der Waals surface area (Å²) in [6.45, 7) is 2.83. The van der Waals surface area contributed by atoms with Crippen LogP contribution in [0.15, 0.2) is 28.7 Å². The van der Waals surface area contributed by atoms with Gasteiger partial charge in [0.05, 0.1) is 13.2 Å². The molecule has 3 rings (SSSR count). The molecule has 1 aliphatic rings. The summed E-state index contributed by atoms with van der Waals surface area (Å²) in [6, 6.07) is 7.75. The monoisotopic (exact) mass is 350 g/mol. The predicted molar refractivity (Wildman–Crippen MR) is 84.7 cm³/mol. The molecule has 7 nitrogen and oxygen atoms in total. The number of rotatable bonds is 3. The van der Waals surface area contributed by atoms with Crippen LogP contribution in [0.25, 0.3) is 0 Å². The molecule has 1 aromatic carbocycles. The van der Waals surface area contributed by atoms with Gasteiger partial charge in [0.15, 0.2) is 0 Å². The van der Waals surface area contributed by atoms with Gasteiger partial charge in [-0.25, -0.2) is 0 Å². The Morgan fingerprint density at radius 1 is 1.19 bits per heavy atom. The highest BCUT2D eigenvalue weighted by atomic mass is 79.9. The molecule has 21 heavy (non-hydrogen) atoms. The van der Waals surface area contributed by atoms with Crippen LogP contribution >= 0.6 is 15.9 Å². The van der Waals surface area contributed by atoms with E-state index in [1.165, 1.54) is 0 Å². The number of nitrogens with zero attached hydrogens (tertiary/aromatic N) is 4. The minimum atomic E-state index is 0.198. The zero-order chi connectivity index (χ0) is 14.7. The topological polar surface area (TPSA) is 89.2 Å². The fourth-order valence-corrected chi connectivity index (χ4v) is 2.44. The maximum absolute atomic E-state index is 5.78. The number of hydrogen-bond acceptors (Lipinski definition) is 7. The largest absolute Gasteiger partial charge is 0.378 e. The van der Waals surface area contributed by atoms with Crippen LogP contribution in [0.2, 0.25) is 0 Å². The SMILES string of the molecule is Nc1nc(Nc2cccc(Br)c2)nc(N2CCOCC2)n1. The van der Waals surface area contributed by atoms with Gasteiger partial charge in [-0.2, -0.15) is 15.0 Å². The van der Waals surface area contributed by atoms with Crippen molar-refractivity contribution in [2.45, 2.75) is 0 Å². The first-order valence-corrected chi connectivity index (χ1v) is 7.37. The quantitative estimate of drug-likeness (QED) is 0.872. The van der Waals surface area contributed by atoms with Gasteiger partial charge in [-0.3, -0.25) is 0 Å². The first-order chi connectivity index (χ1) is 10.2. The predicted octanol–water partition coefficient (Wildman–Crippen LogP) is 1.80. The van der Waals surface area contributed by atoms with Crippen molar-refractivity contribution in [3.8, 4) is 0 Å². The first-order valence-electron chi connectivity index (χ1n) is 6.57. The lowest BCUT2D eigenvalue weighted by atomic mass is 10.3. The van der Waals surface area contributed by atoms with Gasteiger partial charge in [0.1, 0.15) is 0 Å². The Bertz CT molecular complexity index is 632. The molecule has 1 aromatic heterocycles. The molecule has 0 atom stereocenters. The summed E-state index contributed by atoms with van der Waals surface area (Å²) in [5.41, 5.74) is 6.66. The molecule has 110 valence electrons. The molecule has 2 aromatic rings. The summed E-state index contributed by atoms with van der Waals surface area (Å²) < 4.78 is 6.30. The van der Waals surface area contributed by atoms with Crippen LogP contribution in [0.4, 0.5) is 23.5 Å². The fourth-order valence-electron chi connectivity index (χ4n) is 2.04. The summed E-state index contributed by atoms with van der Waals surface area (Å²) in [5.74, 6) is 1.20. The van der Waals surface area contributed by atoms with Crippen LogP contribution in [0, 0.1) is 0 Å². The Morgan fingerprint density at radius 2 is 2.00 bits per heavy atom. The third-order valence-electron chi connectivity index (χ3n) is 3.02. The Balaban J connectivity index is 1.83. The first kappa shape index (κ1) is 14.0. The highest BCUT2D eigenvalue weighted by Gasteiger charge is 2.15. The minimum Gasteiger partial charge on any atom is -0.378 e. The van der Waals surface area contributed by atoms with Crippen molar-refractivity contribution in [1.82, 2.24) is 15.0 Å². The number of halogens is 1. The summed E-state index contributed by atoms with van der Waals surface area (Å²) in [7, 11) is 0. The molecule has 1 aliphatic heterocycles. The van der Waals surface area contributed by atoms with Crippen LogP contribution in [-0.2, 0) is 4.74 Å². The number of aromatic nitrogens is 3. The van der Waals surface area contributed by atoms with Crippen molar-refractivity contribution >= 4 is 39.5 Å². The molecular weight excluding hydrogens is 336 g/mol. The van der Waals surface area contributed by atoms with Gasteiger partial charge in [0.25, 0.3) is 0 Å². The second kappa shape index (κ2) is 6.23. The third kappa shape index (κ3) is 3.59. The molecular formula is C13H15BrN6O. The van der Waals surface area contributed by atoms with Crippen LogP contribution in [-0.4, -0.2) is 41.3 Å². The van der Waals surface area contributed by atoms with Crippen LogP contribution in [0.3, 0.4) is 0 Å². The summed E-state index contributed by atoms with van der Waals surface area (Å²) in [6.07, 6.45) is 0. The molecule has 8 heteroatoms. The van der Waals surface area contributed by atoms with E-state index in [2.05, 4.69) is 36.2 Å². The van der Waals surface area contributed by atoms with Crippen LogP contribution in [0.5, 0.6) is 0 Å². The molecule has 0 radical (unpaired) electrons. The molecule has 2 heterocycles. The Hall–Kier alpha value is -1.93. The van der Waals surface area contributed by atoms with Gasteiger partial charge in [0.2, 0.25) is 17.8 Å². The Labute approximate surface area is 130 Å². The van der Waals surface area contributed by atoms with Gasteiger partial charge < -0.3 is 20.7 Å². The van der Waals surface area contributed by atoms with E-state index < -0.39 is 0 Å². The summed E-state index contributed by atoms with van der Waals surface area (Å²) in [5, 5.41) is 3.13. The molecule has 0 bridgehead atoms. The Morgan fingerprint density at radius 3 is 2.76 bits per heavy atom. The van der Waals surface area contributed by atoms with E-state index in [-0.39, 0.29) is 5.95 Å². The minimum absolute atomic E-state index is 0.198. The summed E-state index contributed by atoms with van der Waals surface area (Å²) in [4.78, 5) is 14.8. The van der Waals surface area contributed by atoms with E-state index >= 15 is 0 Å². The Kier molecular flexibility index (Phi) is 4.16. The molecule has 3 N–H and O–H groups in total. The lowest BCUT2D eigenvalue weighted by molar-refractivity contribution is 0.122. The highest BCUT2D eigenvalue weighted by molar-refractivity contribution is 9.10. The van der Waals surface area contributed by atoms with Gasteiger partial charge in [-0.05, 0) is 18.2 Å². The van der Waals surface area contributed by atoms with E-state index in [1.807, 2.05) is 29.2 Å². The number of nitrogens with one attached hydrogen (secondary N) is 1. The number of hydrogen-bond donors (Lipinski definition) is 2. The van der Waals surface area contributed by atoms with Crippen molar-refractivity contribution in [3.05, 3.63) is 28.7 Å². The number of nitrogens with two attached hydrogens (primary N) is 1. The number of ether oxygens (including phenoxy) is 1. The van der Waals surface area contributed by atoms with E-state index in [4.69, 9.17) is 10.5 Å².